The lowest BCUT2D eigenvalue weighted by atomic mass is 10.2. The maximum absolute atomic E-state index is 5.49. The van der Waals surface area contributed by atoms with Crippen molar-refractivity contribution in [1.82, 2.24) is 10.2 Å². The van der Waals surface area contributed by atoms with Crippen LogP contribution in [0.3, 0.4) is 0 Å². The lowest BCUT2D eigenvalue weighted by Gasteiger charge is -1.96. The number of hydrogen-bond acceptors (Lipinski definition) is 4. The Labute approximate surface area is 101 Å². The molecule has 0 saturated carbocycles. The van der Waals surface area contributed by atoms with E-state index in [4.69, 9.17) is 4.42 Å². The van der Waals surface area contributed by atoms with Crippen LogP contribution in [0, 0.1) is 0 Å². The summed E-state index contributed by atoms with van der Waals surface area (Å²) in [6, 6.07) is 7.75. The minimum absolute atomic E-state index is 0.541. The standard InChI is InChI=1S/C10H9BrN2OS/c11-8-4-2-1-3-7(8)10-13-12-9(14-10)5-6-15/h1-4,15H,5-6H2. The molecule has 0 N–H and O–H groups in total. The second kappa shape index (κ2) is 4.81. The summed E-state index contributed by atoms with van der Waals surface area (Å²) in [5.74, 6) is 1.87. The lowest BCUT2D eigenvalue weighted by molar-refractivity contribution is 0.514. The average molecular weight is 285 g/mol. The van der Waals surface area contributed by atoms with Crippen LogP contribution in [0.2, 0.25) is 0 Å². The van der Waals surface area contributed by atoms with Crippen molar-refractivity contribution in [3.05, 3.63) is 34.6 Å². The second-order valence-corrected chi connectivity index (χ2v) is 4.26. The SMILES string of the molecule is SCCc1nnc(-c2ccccc2Br)o1. The Hall–Kier alpha value is -0.810. The van der Waals surface area contributed by atoms with Gasteiger partial charge < -0.3 is 4.42 Å². The summed E-state index contributed by atoms with van der Waals surface area (Å²) in [7, 11) is 0. The number of nitrogens with zero attached hydrogens (tertiary/aromatic N) is 2. The molecule has 0 fully saturated rings. The summed E-state index contributed by atoms with van der Waals surface area (Å²) in [6.45, 7) is 0. The van der Waals surface area contributed by atoms with Crippen molar-refractivity contribution in [2.24, 2.45) is 0 Å². The quantitative estimate of drug-likeness (QED) is 0.881. The fraction of sp³-hybridized carbons (Fsp3) is 0.200. The van der Waals surface area contributed by atoms with Gasteiger partial charge in [-0.25, -0.2) is 0 Å². The molecule has 0 aliphatic carbocycles. The van der Waals surface area contributed by atoms with E-state index in [1.165, 1.54) is 0 Å². The van der Waals surface area contributed by atoms with E-state index < -0.39 is 0 Å². The van der Waals surface area contributed by atoms with E-state index in [0.717, 1.165) is 10.0 Å². The molecule has 0 amide bonds. The zero-order valence-electron chi connectivity index (χ0n) is 7.85. The predicted molar refractivity (Wildman–Crippen MR) is 65.0 cm³/mol. The van der Waals surface area contributed by atoms with E-state index >= 15 is 0 Å². The molecule has 0 atom stereocenters. The Morgan fingerprint density at radius 2 is 2.07 bits per heavy atom. The third-order valence-electron chi connectivity index (χ3n) is 1.90. The van der Waals surface area contributed by atoms with E-state index in [9.17, 15) is 0 Å². The molecule has 0 spiro atoms. The van der Waals surface area contributed by atoms with Gasteiger partial charge in [0.15, 0.2) is 0 Å². The maximum Gasteiger partial charge on any atom is 0.248 e. The second-order valence-electron chi connectivity index (χ2n) is 2.95. The van der Waals surface area contributed by atoms with Gasteiger partial charge in [-0.3, -0.25) is 0 Å². The normalized spacial score (nSPS) is 10.5. The van der Waals surface area contributed by atoms with Crippen LogP contribution in [0.5, 0.6) is 0 Å². The lowest BCUT2D eigenvalue weighted by Crippen LogP contribution is -1.84. The van der Waals surface area contributed by atoms with Crippen molar-refractivity contribution in [1.29, 1.82) is 0 Å². The number of benzene rings is 1. The third kappa shape index (κ3) is 2.41. The first kappa shape index (κ1) is 10.7. The molecule has 2 rings (SSSR count). The van der Waals surface area contributed by atoms with E-state index in [0.29, 0.717) is 24.0 Å². The van der Waals surface area contributed by atoms with Crippen molar-refractivity contribution in [3.63, 3.8) is 0 Å². The fourth-order valence-electron chi connectivity index (χ4n) is 1.19. The zero-order chi connectivity index (χ0) is 10.7. The van der Waals surface area contributed by atoms with Crippen molar-refractivity contribution in [2.75, 3.05) is 5.75 Å². The topological polar surface area (TPSA) is 38.9 Å². The van der Waals surface area contributed by atoms with Crippen LogP contribution in [0.15, 0.2) is 33.2 Å². The van der Waals surface area contributed by atoms with Crippen LogP contribution in [0.1, 0.15) is 5.89 Å². The van der Waals surface area contributed by atoms with E-state index in [2.05, 4.69) is 38.8 Å². The molecule has 3 nitrogen and oxygen atoms in total. The smallest absolute Gasteiger partial charge is 0.248 e. The first-order valence-electron chi connectivity index (χ1n) is 4.49. The Morgan fingerprint density at radius 3 is 2.80 bits per heavy atom. The van der Waals surface area contributed by atoms with Gasteiger partial charge in [-0.2, -0.15) is 12.6 Å². The van der Waals surface area contributed by atoms with Gasteiger partial charge in [-0.05, 0) is 33.8 Å². The van der Waals surface area contributed by atoms with Crippen LogP contribution in [0.25, 0.3) is 11.5 Å². The molecule has 2 aromatic rings. The first-order chi connectivity index (χ1) is 7.31. The van der Waals surface area contributed by atoms with Crippen molar-refractivity contribution < 1.29 is 4.42 Å². The number of thiol groups is 1. The Bertz CT molecular complexity index is 458. The molecule has 1 aromatic carbocycles. The zero-order valence-corrected chi connectivity index (χ0v) is 10.3. The molecule has 0 bridgehead atoms. The highest BCUT2D eigenvalue weighted by Gasteiger charge is 2.10. The number of aromatic nitrogens is 2. The maximum atomic E-state index is 5.49. The van der Waals surface area contributed by atoms with E-state index in [1.54, 1.807) is 0 Å². The highest BCUT2D eigenvalue weighted by molar-refractivity contribution is 9.10. The van der Waals surface area contributed by atoms with Crippen LogP contribution >= 0.6 is 28.6 Å². The summed E-state index contributed by atoms with van der Waals surface area (Å²) < 4.78 is 6.44. The van der Waals surface area contributed by atoms with E-state index in [-0.39, 0.29) is 0 Å². The minimum atomic E-state index is 0.541. The fourth-order valence-corrected chi connectivity index (χ4v) is 1.84. The van der Waals surface area contributed by atoms with Gasteiger partial charge in [0.2, 0.25) is 11.8 Å². The molecule has 0 aliphatic rings. The summed E-state index contributed by atoms with van der Waals surface area (Å²) in [5.41, 5.74) is 0.912. The number of hydrogen-bond donors (Lipinski definition) is 1. The number of aryl methyl sites for hydroxylation is 1. The molecule has 0 aliphatic heterocycles. The Kier molecular flexibility index (Phi) is 3.43. The molecular weight excluding hydrogens is 276 g/mol. The third-order valence-corrected chi connectivity index (χ3v) is 2.81. The van der Waals surface area contributed by atoms with Crippen molar-refractivity contribution >= 4 is 28.6 Å². The van der Waals surface area contributed by atoms with Gasteiger partial charge >= 0.3 is 0 Å². The predicted octanol–water partition coefficient (Wildman–Crippen LogP) is 2.97. The molecule has 1 heterocycles. The molecule has 0 unspecified atom stereocenters. The summed E-state index contributed by atoms with van der Waals surface area (Å²) >= 11 is 7.55. The monoisotopic (exact) mass is 284 g/mol. The molecule has 5 heteroatoms. The molecular formula is C10H9BrN2OS. The van der Waals surface area contributed by atoms with Gasteiger partial charge in [-0.1, -0.05) is 12.1 Å². The molecule has 15 heavy (non-hydrogen) atoms. The van der Waals surface area contributed by atoms with Gasteiger partial charge in [0, 0.05) is 10.9 Å². The first-order valence-corrected chi connectivity index (χ1v) is 5.92. The molecule has 0 saturated heterocycles. The molecule has 78 valence electrons. The number of halogens is 1. The van der Waals surface area contributed by atoms with Crippen molar-refractivity contribution in [3.8, 4) is 11.5 Å². The molecule has 0 radical (unpaired) electrons. The van der Waals surface area contributed by atoms with Gasteiger partial charge in [0.05, 0.1) is 5.56 Å². The van der Waals surface area contributed by atoms with Crippen LogP contribution < -0.4 is 0 Å². The highest BCUT2D eigenvalue weighted by Crippen LogP contribution is 2.26. The van der Waals surface area contributed by atoms with E-state index in [1.807, 2.05) is 24.3 Å². The molecule has 1 aromatic heterocycles. The average Bonchev–Trinajstić information content (AvgIpc) is 2.68. The minimum Gasteiger partial charge on any atom is -0.421 e. The van der Waals surface area contributed by atoms with Crippen LogP contribution in [-0.2, 0) is 6.42 Å². The van der Waals surface area contributed by atoms with Gasteiger partial charge in [-0.15, -0.1) is 10.2 Å². The van der Waals surface area contributed by atoms with Gasteiger partial charge in [0.1, 0.15) is 0 Å². The summed E-state index contributed by atoms with van der Waals surface area (Å²) in [6.07, 6.45) is 0.695. The summed E-state index contributed by atoms with van der Waals surface area (Å²) in [5, 5.41) is 7.92. The van der Waals surface area contributed by atoms with Crippen LogP contribution in [0.4, 0.5) is 0 Å². The number of rotatable bonds is 3. The van der Waals surface area contributed by atoms with Gasteiger partial charge in [0.25, 0.3) is 0 Å². The Morgan fingerprint density at radius 1 is 1.27 bits per heavy atom. The van der Waals surface area contributed by atoms with Crippen molar-refractivity contribution in [2.45, 2.75) is 6.42 Å². The van der Waals surface area contributed by atoms with Crippen LogP contribution in [-0.4, -0.2) is 16.0 Å². The summed E-state index contributed by atoms with van der Waals surface area (Å²) in [4.78, 5) is 0. The largest absolute Gasteiger partial charge is 0.421 e. The highest BCUT2D eigenvalue weighted by atomic mass is 79.9. The Balaban J connectivity index is 2.33.